The van der Waals surface area contributed by atoms with E-state index in [1.165, 1.54) is 24.3 Å². The number of pyridine rings is 1. The molecule has 204 valence electrons. The monoisotopic (exact) mass is 550 g/mol. The number of nitrogens with zero attached hydrogens (tertiary/aromatic N) is 4. The summed E-state index contributed by atoms with van der Waals surface area (Å²) in [5.74, 6) is 0.839. The van der Waals surface area contributed by atoms with E-state index in [1.54, 1.807) is 18.1 Å². The van der Waals surface area contributed by atoms with E-state index in [4.69, 9.17) is 16.3 Å². The summed E-state index contributed by atoms with van der Waals surface area (Å²) in [4.78, 5) is 37.1. The molecular weight excluding hydrogens is 519 g/mol. The highest BCUT2D eigenvalue weighted by atomic mass is 35.5. The number of carbonyl (C=O) groups excluding carboxylic acids is 2. The predicted octanol–water partition coefficient (Wildman–Crippen LogP) is 5.46. The molecule has 2 amide bonds. The highest BCUT2D eigenvalue weighted by Crippen LogP contribution is 2.35. The largest absolute Gasteiger partial charge is 0.415 e. The second kappa shape index (κ2) is 11.6. The first-order valence-corrected chi connectivity index (χ1v) is 13.6. The number of hydrogen-bond acceptors (Lipinski definition) is 5. The maximum absolute atomic E-state index is 13.8. The Morgan fingerprint density at radius 2 is 1.77 bits per heavy atom. The second-order valence-corrected chi connectivity index (χ2v) is 10.8. The van der Waals surface area contributed by atoms with E-state index < -0.39 is 11.9 Å². The molecule has 0 N–H and O–H groups in total. The van der Waals surface area contributed by atoms with Crippen LogP contribution in [-0.2, 0) is 4.79 Å². The van der Waals surface area contributed by atoms with Crippen molar-refractivity contribution in [3.8, 4) is 5.75 Å². The minimum atomic E-state index is -0.558. The average Bonchev–Trinajstić information content (AvgIpc) is 3.40. The number of anilines is 1. The van der Waals surface area contributed by atoms with Crippen LogP contribution in [0.25, 0.3) is 0 Å². The van der Waals surface area contributed by atoms with Gasteiger partial charge in [-0.1, -0.05) is 36.7 Å². The van der Waals surface area contributed by atoms with Gasteiger partial charge in [-0.2, -0.15) is 0 Å². The highest BCUT2D eigenvalue weighted by molar-refractivity contribution is 6.30. The van der Waals surface area contributed by atoms with E-state index in [0.29, 0.717) is 18.1 Å². The molecule has 1 aromatic heterocycles. The molecule has 3 aromatic rings. The zero-order valence-electron chi connectivity index (χ0n) is 22.0. The van der Waals surface area contributed by atoms with Crippen LogP contribution >= 0.6 is 11.6 Å². The number of ether oxygens (including phenoxy) is 1. The topological polar surface area (TPSA) is 66.0 Å². The normalized spacial score (nSPS) is 23.0. The van der Waals surface area contributed by atoms with Crippen molar-refractivity contribution in [1.29, 1.82) is 0 Å². The van der Waals surface area contributed by atoms with Gasteiger partial charge < -0.3 is 19.4 Å². The number of likely N-dealkylation sites (tertiary alicyclic amines) is 1. The number of likely N-dealkylation sites (N-methyl/N-ethyl adjacent to an activating group) is 1. The summed E-state index contributed by atoms with van der Waals surface area (Å²) >= 11 is 6.14. The maximum atomic E-state index is 13.8. The summed E-state index contributed by atoms with van der Waals surface area (Å²) in [6.07, 6.45) is 1.97. The standard InChI is InChI=1S/C30H32ClFN4O3/c1-20-17-35(28-5-3-4-15-33-28)16-14-25(20)29(37)36-18-26(21-6-8-22(31)9-7-21)27(19-36)34(2)30(38)39-24-12-10-23(32)11-13-24/h3-13,15,20,25-27H,14,16-19H2,1-2H3/t20?,25?,26-,27+/m0/s1. The summed E-state index contributed by atoms with van der Waals surface area (Å²) in [5, 5.41) is 0.624. The van der Waals surface area contributed by atoms with Crippen molar-refractivity contribution in [2.24, 2.45) is 11.8 Å². The van der Waals surface area contributed by atoms with Crippen LogP contribution in [0, 0.1) is 17.7 Å². The lowest BCUT2D eigenvalue weighted by molar-refractivity contribution is -0.136. The molecule has 2 aliphatic rings. The first-order chi connectivity index (χ1) is 18.8. The fourth-order valence-electron chi connectivity index (χ4n) is 5.70. The highest BCUT2D eigenvalue weighted by Gasteiger charge is 2.43. The molecule has 2 unspecified atom stereocenters. The van der Waals surface area contributed by atoms with Gasteiger partial charge in [-0.25, -0.2) is 14.2 Å². The van der Waals surface area contributed by atoms with E-state index in [2.05, 4.69) is 16.8 Å². The van der Waals surface area contributed by atoms with Crippen LogP contribution in [0.4, 0.5) is 15.0 Å². The molecule has 2 aromatic carbocycles. The van der Waals surface area contributed by atoms with Crippen LogP contribution in [-0.4, -0.2) is 66.1 Å². The molecule has 5 rings (SSSR count). The fraction of sp³-hybridized carbons (Fsp3) is 0.367. The van der Waals surface area contributed by atoms with Crippen molar-refractivity contribution in [2.75, 3.05) is 38.1 Å². The number of halogens is 2. The van der Waals surface area contributed by atoms with Crippen LogP contribution in [0.3, 0.4) is 0 Å². The van der Waals surface area contributed by atoms with Crippen LogP contribution in [0.15, 0.2) is 72.9 Å². The van der Waals surface area contributed by atoms with Gasteiger partial charge >= 0.3 is 6.09 Å². The zero-order valence-corrected chi connectivity index (χ0v) is 22.8. The quantitative estimate of drug-likeness (QED) is 0.422. The zero-order chi connectivity index (χ0) is 27.5. The van der Waals surface area contributed by atoms with Gasteiger partial charge in [-0.05, 0) is 66.4 Å². The van der Waals surface area contributed by atoms with Crippen molar-refractivity contribution in [1.82, 2.24) is 14.8 Å². The van der Waals surface area contributed by atoms with Gasteiger partial charge in [0.15, 0.2) is 0 Å². The van der Waals surface area contributed by atoms with Crippen LogP contribution in [0.1, 0.15) is 24.8 Å². The molecular formula is C30H32ClFN4O3. The molecule has 7 nitrogen and oxygen atoms in total. The summed E-state index contributed by atoms with van der Waals surface area (Å²) < 4.78 is 18.8. The van der Waals surface area contributed by atoms with Crippen molar-refractivity contribution < 1.29 is 18.7 Å². The van der Waals surface area contributed by atoms with Crippen LogP contribution in [0.5, 0.6) is 5.75 Å². The predicted molar refractivity (Wildman–Crippen MR) is 148 cm³/mol. The molecule has 0 saturated carbocycles. The Morgan fingerprint density at radius 1 is 1.03 bits per heavy atom. The minimum absolute atomic E-state index is 0.106. The Labute approximate surface area is 233 Å². The SMILES string of the molecule is CC1CN(c2ccccn2)CCC1C(=O)N1C[C@@H](N(C)C(=O)Oc2ccc(F)cc2)[C@H](c2ccc(Cl)cc2)C1. The van der Waals surface area contributed by atoms with Gasteiger partial charge in [0.25, 0.3) is 0 Å². The number of carbonyl (C=O) groups is 2. The second-order valence-electron chi connectivity index (χ2n) is 10.4. The molecule has 0 radical (unpaired) electrons. The lowest BCUT2D eigenvalue weighted by Crippen LogP contribution is -2.48. The fourth-order valence-corrected chi connectivity index (χ4v) is 5.83. The van der Waals surface area contributed by atoms with Crippen molar-refractivity contribution in [3.63, 3.8) is 0 Å². The molecule has 2 fully saturated rings. The van der Waals surface area contributed by atoms with Gasteiger partial charge in [-0.3, -0.25) is 4.79 Å². The van der Waals surface area contributed by atoms with Crippen LogP contribution in [0.2, 0.25) is 5.02 Å². The number of piperidine rings is 1. The molecule has 39 heavy (non-hydrogen) atoms. The Balaban J connectivity index is 1.31. The average molecular weight is 551 g/mol. The van der Waals surface area contributed by atoms with E-state index in [9.17, 15) is 14.0 Å². The minimum Gasteiger partial charge on any atom is -0.410 e. The number of hydrogen-bond donors (Lipinski definition) is 0. The van der Waals surface area contributed by atoms with Gasteiger partial charge in [0, 0.05) is 56.3 Å². The van der Waals surface area contributed by atoms with Gasteiger partial charge in [0.05, 0.1) is 6.04 Å². The van der Waals surface area contributed by atoms with Crippen LogP contribution < -0.4 is 9.64 Å². The number of aromatic nitrogens is 1. The maximum Gasteiger partial charge on any atom is 0.415 e. The summed E-state index contributed by atoms with van der Waals surface area (Å²) in [6.45, 7) is 4.53. The Hall–Kier alpha value is -3.65. The Bertz CT molecular complexity index is 1290. The Morgan fingerprint density at radius 3 is 2.44 bits per heavy atom. The molecule has 2 aliphatic heterocycles. The van der Waals surface area contributed by atoms with Gasteiger partial charge in [0.1, 0.15) is 17.4 Å². The third-order valence-electron chi connectivity index (χ3n) is 7.90. The van der Waals surface area contributed by atoms with Crippen molar-refractivity contribution in [2.45, 2.75) is 25.3 Å². The first kappa shape index (κ1) is 26.9. The molecule has 9 heteroatoms. The third kappa shape index (κ3) is 6.01. The summed E-state index contributed by atoms with van der Waals surface area (Å²) in [5.41, 5.74) is 0.999. The first-order valence-electron chi connectivity index (χ1n) is 13.2. The lowest BCUT2D eigenvalue weighted by atomic mass is 9.85. The van der Waals surface area contributed by atoms with E-state index in [1.807, 2.05) is 47.4 Å². The van der Waals surface area contributed by atoms with E-state index >= 15 is 0 Å². The number of rotatable bonds is 5. The summed E-state index contributed by atoms with van der Waals surface area (Å²) in [7, 11) is 1.68. The molecule has 0 spiro atoms. The molecule has 3 heterocycles. The van der Waals surface area contributed by atoms with Crippen molar-refractivity contribution in [3.05, 3.63) is 89.3 Å². The van der Waals surface area contributed by atoms with E-state index in [0.717, 1.165) is 30.9 Å². The van der Waals surface area contributed by atoms with E-state index in [-0.39, 0.29) is 35.5 Å². The molecule has 4 atom stereocenters. The van der Waals surface area contributed by atoms with Gasteiger partial charge in [-0.15, -0.1) is 0 Å². The smallest absolute Gasteiger partial charge is 0.410 e. The lowest BCUT2D eigenvalue weighted by Gasteiger charge is -2.38. The van der Waals surface area contributed by atoms with Crippen molar-refractivity contribution >= 4 is 29.4 Å². The molecule has 0 bridgehead atoms. The third-order valence-corrected chi connectivity index (χ3v) is 8.15. The number of amides is 2. The Kier molecular flexibility index (Phi) is 8.02. The number of benzene rings is 2. The molecule has 0 aliphatic carbocycles. The molecule has 2 saturated heterocycles. The summed E-state index contributed by atoms with van der Waals surface area (Å²) in [6, 6.07) is 18.4. The van der Waals surface area contributed by atoms with Gasteiger partial charge in [0.2, 0.25) is 5.91 Å².